The fourth-order valence-electron chi connectivity index (χ4n) is 1.14. The summed E-state index contributed by atoms with van der Waals surface area (Å²) in [6.45, 7) is -0.214. The van der Waals surface area contributed by atoms with Crippen molar-refractivity contribution in [2.45, 2.75) is 0 Å². The molecule has 1 amide bonds. The van der Waals surface area contributed by atoms with Crippen LogP contribution in [-0.4, -0.2) is 36.6 Å². The molecule has 0 radical (unpaired) electrons. The summed E-state index contributed by atoms with van der Waals surface area (Å²) in [6.07, 6.45) is 0. The maximum Gasteiger partial charge on any atom is 0.253 e. The third kappa shape index (κ3) is 2.99. The van der Waals surface area contributed by atoms with Crippen LogP contribution in [-0.2, 0) is 0 Å². The molecule has 1 aromatic rings. The molecule has 0 saturated heterocycles. The van der Waals surface area contributed by atoms with Gasteiger partial charge in [-0.25, -0.2) is 0 Å². The second kappa shape index (κ2) is 5.55. The number of rotatable bonds is 1. The molecule has 1 rings (SSSR count). The molecule has 0 unspecified atom stereocenters. The first-order valence-corrected chi connectivity index (χ1v) is 5.05. The Bertz CT molecular complexity index is 458. The molecule has 0 spiro atoms. The normalized spacial score (nSPS) is 9.25. The molecule has 0 bridgehead atoms. The van der Waals surface area contributed by atoms with E-state index in [9.17, 15) is 4.79 Å². The molecule has 84 valence electrons. The Kier molecular flexibility index (Phi) is 4.36. The zero-order valence-corrected chi connectivity index (χ0v) is 9.88. The fourth-order valence-corrected chi connectivity index (χ4v) is 1.37. The van der Waals surface area contributed by atoms with E-state index in [0.29, 0.717) is 16.1 Å². The van der Waals surface area contributed by atoms with E-state index in [0.717, 1.165) is 0 Å². The SMILES string of the molecule is CN(C)C(=O)c1ccc(C#CCO)c(Cl)c1. The van der Waals surface area contributed by atoms with Crippen LogP contribution in [0, 0.1) is 11.8 Å². The summed E-state index contributed by atoms with van der Waals surface area (Å²) in [6, 6.07) is 4.91. The Morgan fingerprint density at radius 3 is 2.69 bits per heavy atom. The number of aliphatic hydroxyl groups is 1. The monoisotopic (exact) mass is 237 g/mol. The van der Waals surface area contributed by atoms with E-state index in [1.165, 1.54) is 4.90 Å². The molecule has 0 aromatic heterocycles. The predicted octanol–water partition coefficient (Wildman–Crippen LogP) is 1.39. The van der Waals surface area contributed by atoms with Crippen LogP contribution in [0.1, 0.15) is 15.9 Å². The van der Waals surface area contributed by atoms with E-state index in [-0.39, 0.29) is 12.5 Å². The third-order valence-electron chi connectivity index (χ3n) is 1.92. The van der Waals surface area contributed by atoms with Crippen molar-refractivity contribution in [3.05, 3.63) is 34.3 Å². The highest BCUT2D eigenvalue weighted by Crippen LogP contribution is 2.17. The highest BCUT2D eigenvalue weighted by molar-refractivity contribution is 6.32. The minimum absolute atomic E-state index is 0.108. The Hall–Kier alpha value is -1.50. The molecule has 4 heteroatoms. The van der Waals surface area contributed by atoms with Gasteiger partial charge in [-0.2, -0.15) is 0 Å². The number of benzene rings is 1. The molecular formula is C12H12ClNO2. The summed E-state index contributed by atoms with van der Waals surface area (Å²) in [5, 5.41) is 8.97. The molecule has 3 nitrogen and oxygen atoms in total. The maximum atomic E-state index is 11.6. The van der Waals surface area contributed by atoms with Gasteiger partial charge in [0.15, 0.2) is 0 Å². The van der Waals surface area contributed by atoms with Crippen LogP contribution in [0.5, 0.6) is 0 Å². The van der Waals surface area contributed by atoms with Crippen LogP contribution in [0.15, 0.2) is 18.2 Å². The molecule has 1 aromatic carbocycles. The number of nitrogens with zero attached hydrogens (tertiary/aromatic N) is 1. The Morgan fingerprint density at radius 1 is 1.50 bits per heavy atom. The van der Waals surface area contributed by atoms with E-state index < -0.39 is 0 Å². The number of aliphatic hydroxyl groups excluding tert-OH is 1. The second-order valence-corrected chi connectivity index (χ2v) is 3.76. The topological polar surface area (TPSA) is 40.5 Å². The molecule has 0 atom stereocenters. The number of halogens is 1. The quantitative estimate of drug-likeness (QED) is 0.750. The van der Waals surface area contributed by atoms with E-state index in [1.807, 2.05) is 0 Å². The van der Waals surface area contributed by atoms with Crippen LogP contribution >= 0.6 is 11.6 Å². The zero-order chi connectivity index (χ0) is 12.1. The first kappa shape index (κ1) is 12.6. The van der Waals surface area contributed by atoms with Gasteiger partial charge >= 0.3 is 0 Å². The van der Waals surface area contributed by atoms with Crippen LogP contribution in [0.25, 0.3) is 0 Å². The van der Waals surface area contributed by atoms with Gasteiger partial charge in [0.25, 0.3) is 5.91 Å². The van der Waals surface area contributed by atoms with Gasteiger partial charge in [-0.15, -0.1) is 0 Å². The lowest BCUT2D eigenvalue weighted by Gasteiger charge is -2.10. The van der Waals surface area contributed by atoms with Gasteiger partial charge in [-0.1, -0.05) is 23.4 Å². The Morgan fingerprint density at radius 2 is 2.19 bits per heavy atom. The number of carbonyl (C=O) groups is 1. The summed E-state index contributed by atoms with van der Waals surface area (Å²) in [5.74, 6) is 5.10. The van der Waals surface area contributed by atoms with Crippen LogP contribution in [0.3, 0.4) is 0 Å². The average Bonchev–Trinajstić information content (AvgIpc) is 2.26. The van der Waals surface area contributed by atoms with E-state index in [1.54, 1.807) is 32.3 Å². The van der Waals surface area contributed by atoms with Crippen molar-refractivity contribution in [3.63, 3.8) is 0 Å². The molecule has 0 aliphatic carbocycles. The lowest BCUT2D eigenvalue weighted by atomic mass is 10.1. The number of carbonyl (C=O) groups excluding carboxylic acids is 1. The molecule has 0 fully saturated rings. The highest BCUT2D eigenvalue weighted by Gasteiger charge is 2.09. The van der Waals surface area contributed by atoms with Gasteiger partial charge in [-0.05, 0) is 18.2 Å². The number of hydrogen-bond acceptors (Lipinski definition) is 2. The largest absolute Gasteiger partial charge is 0.384 e. The second-order valence-electron chi connectivity index (χ2n) is 3.35. The number of amides is 1. The van der Waals surface area contributed by atoms with Gasteiger partial charge in [0, 0.05) is 25.2 Å². The van der Waals surface area contributed by atoms with Crippen molar-refractivity contribution in [2.24, 2.45) is 0 Å². The van der Waals surface area contributed by atoms with Crippen molar-refractivity contribution >= 4 is 17.5 Å². The van der Waals surface area contributed by atoms with Crippen LogP contribution < -0.4 is 0 Å². The molecule has 0 aliphatic rings. The van der Waals surface area contributed by atoms with Gasteiger partial charge in [0.05, 0.1) is 5.02 Å². The van der Waals surface area contributed by atoms with Gasteiger partial charge in [0.2, 0.25) is 0 Å². The van der Waals surface area contributed by atoms with Crippen molar-refractivity contribution in [1.29, 1.82) is 0 Å². The van der Waals surface area contributed by atoms with Crippen molar-refractivity contribution < 1.29 is 9.90 Å². The van der Waals surface area contributed by atoms with Gasteiger partial charge in [-0.3, -0.25) is 4.79 Å². The lowest BCUT2D eigenvalue weighted by molar-refractivity contribution is 0.0827. The summed E-state index contributed by atoms with van der Waals surface area (Å²) < 4.78 is 0. The predicted molar refractivity (Wildman–Crippen MR) is 63.4 cm³/mol. The molecule has 0 aliphatic heterocycles. The number of hydrogen-bond donors (Lipinski definition) is 1. The molecule has 1 N–H and O–H groups in total. The average molecular weight is 238 g/mol. The summed E-state index contributed by atoms with van der Waals surface area (Å²) in [4.78, 5) is 13.1. The first-order valence-electron chi connectivity index (χ1n) is 4.67. The molecule has 16 heavy (non-hydrogen) atoms. The van der Waals surface area contributed by atoms with Crippen molar-refractivity contribution in [1.82, 2.24) is 4.90 Å². The fraction of sp³-hybridized carbons (Fsp3) is 0.250. The summed E-state index contributed by atoms with van der Waals surface area (Å²) in [5.41, 5.74) is 1.12. The van der Waals surface area contributed by atoms with Crippen molar-refractivity contribution in [3.8, 4) is 11.8 Å². The summed E-state index contributed by atoms with van der Waals surface area (Å²) >= 11 is 5.96. The van der Waals surface area contributed by atoms with Crippen molar-refractivity contribution in [2.75, 3.05) is 20.7 Å². The molecule has 0 heterocycles. The van der Waals surface area contributed by atoms with E-state index in [2.05, 4.69) is 11.8 Å². The third-order valence-corrected chi connectivity index (χ3v) is 2.24. The smallest absolute Gasteiger partial charge is 0.253 e. The van der Waals surface area contributed by atoms with E-state index in [4.69, 9.17) is 16.7 Å². The summed E-state index contributed by atoms with van der Waals surface area (Å²) in [7, 11) is 3.35. The minimum Gasteiger partial charge on any atom is -0.384 e. The lowest BCUT2D eigenvalue weighted by Crippen LogP contribution is -2.21. The van der Waals surface area contributed by atoms with E-state index >= 15 is 0 Å². The first-order chi connectivity index (χ1) is 7.56. The van der Waals surface area contributed by atoms with Gasteiger partial charge in [0.1, 0.15) is 6.61 Å². The molecular weight excluding hydrogens is 226 g/mol. The van der Waals surface area contributed by atoms with Gasteiger partial charge < -0.3 is 10.0 Å². The molecule has 0 saturated carbocycles. The Labute approximate surface area is 99.6 Å². The minimum atomic E-state index is -0.214. The Balaban J connectivity index is 3.04. The zero-order valence-electron chi connectivity index (χ0n) is 9.12. The highest BCUT2D eigenvalue weighted by atomic mass is 35.5. The standard InChI is InChI=1S/C12H12ClNO2/c1-14(2)12(16)10-6-5-9(4-3-7-15)11(13)8-10/h5-6,8,15H,7H2,1-2H3. The van der Waals surface area contributed by atoms with Crippen LogP contribution in [0.2, 0.25) is 5.02 Å². The maximum absolute atomic E-state index is 11.6. The van der Waals surface area contributed by atoms with Crippen LogP contribution in [0.4, 0.5) is 0 Å².